The second-order valence-electron chi connectivity index (χ2n) is 3.96. The quantitative estimate of drug-likeness (QED) is 0.485. The highest BCUT2D eigenvalue weighted by Gasteiger charge is 2.29. The Hall–Kier alpha value is -0.300. The van der Waals surface area contributed by atoms with Crippen molar-refractivity contribution in [2.75, 3.05) is 0 Å². The predicted octanol–water partition coefficient (Wildman–Crippen LogP) is 2.52. The fraction of sp³-hybridized carbons (Fsp3) is 0.800. The van der Waals surface area contributed by atoms with Crippen molar-refractivity contribution in [2.24, 2.45) is 5.92 Å². The monoisotopic (exact) mass is 152 g/mol. The molecule has 0 saturated heterocycles. The molecule has 3 atom stereocenters. The molecule has 0 spiro atoms. The maximum absolute atomic E-state index is 5.72. The molecule has 0 aromatic rings. The van der Waals surface area contributed by atoms with Crippen LogP contribution < -0.4 is 0 Å². The number of hydrogen-bond donors (Lipinski definition) is 0. The summed E-state index contributed by atoms with van der Waals surface area (Å²) in [5.41, 5.74) is 1.57. The first kappa shape index (κ1) is 7.35. The third-order valence-corrected chi connectivity index (χ3v) is 2.75. The van der Waals surface area contributed by atoms with Crippen LogP contribution in [0, 0.1) is 5.92 Å². The molecule has 1 heteroatoms. The summed E-state index contributed by atoms with van der Waals surface area (Å²) < 4.78 is 5.72. The number of ether oxygens (including phenoxy) is 1. The van der Waals surface area contributed by atoms with E-state index in [9.17, 15) is 0 Å². The van der Waals surface area contributed by atoms with E-state index in [0.717, 1.165) is 5.92 Å². The first-order valence-electron chi connectivity index (χ1n) is 4.62. The fourth-order valence-electron chi connectivity index (χ4n) is 2.19. The van der Waals surface area contributed by atoms with Gasteiger partial charge in [0, 0.05) is 0 Å². The van der Waals surface area contributed by atoms with E-state index in [0.29, 0.717) is 12.2 Å². The van der Waals surface area contributed by atoms with Crippen molar-refractivity contribution >= 4 is 0 Å². The van der Waals surface area contributed by atoms with Crippen LogP contribution in [0.4, 0.5) is 0 Å². The molecule has 1 heterocycles. The summed E-state index contributed by atoms with van der Waals surface area (Å²) in [6, 6.07) is 0. The SMILES string of the molecule is CC1CCC2OC(C)C=C2C1. The molecule has 1 nitrogen and oxygen atoms in total. The summed E-state index contributed by atoms with van der Waals surface area (Å²) in [4.78, 5) is 0. The average molecular weight is 152 g/mol. The van der Waals surface area contributed by atoms with E-state index < -0.39 is 0 Å². The smallest absolute Gasteiger partial charge is 0.0794 e. The van der Waals surface area contributed by atoms with Crippen molar-refractivity contribution in [1.82, 2.24) is 0 Å². The molecule has 62 valence electrons. The number of hydrogen-bond acceptors (Lipinski definition) is 1. The van der Waals surface area contributed by atoms with Gasteiger partial charge in [-0.3, -0.25) is 0 Å². The van der Waals surface area contributed by atoms with Crippen LogP contribution in [0.1, 0.15) is 33.1 Å². The minimum atomic E-state index is 0.375. The Balaban J connectivity index is 2.09. The fourth-order valence-corrected chi connectivity index (χ4v) is 2.19. The second kappa shape index (κ2) is 2.63. The largest absolute Gasteiger partial charge is 0.367 e. The zero-order valence-corrected chi connectivity index (χ0v) is 7.34. The van der Waals surface area contributed by atoms with Gasteiger partial charge in [-0.25, -0.2) is 0 Å². The Kier molecular flexibility index (Phi) is 1.76. The molecule has 0 aromatic carbocycles. The maximum Gasteiger partial charge on any atom is 0.0794 e. The van der Waals surface area contributed by atoms with Gasteiger partial charge in [0.1, 0.15) is 0 Å². The Morgan fingerprint density at radius 3 is 3.00 bits per heavy atom. The van der Waals surface area contributed by atoms with E-state index in [-0.39, 0.29) is 0 Å². The molecular formula is C10H16O. The van der Waals surface area contributed by atoms with Crippen molar-refractivity contribution in [1.29, 1.82) is 0 Å². The highest BCUT2D eigenvalue weighted by atomic mass is 16.5. The molecule has 1 fully saturated rings. The third-order valence-electron chi connectivity index (χ3n) is 2.75. The Morgan fingerprint density at radius 1 is 1.36 bits per heavy atom. The summed E-state index contributed by atoms with van der Waals surface area (Å²) in [7, 11) is 0. The van der Waals surface area contributed by atoms with Crippen molar-refractivity contribution in [3.8, 4) is 0 Å². The molecule has 1 saturated carbocycles. The molecule has 1 aliphatic carbocycles. The van der Waals surface area contributed by atoms with Gasteiger partial charge in [-0.15, -0.1) is 0 Å². The van der Waals surface area contributed by atoms with Crippen LogP contribution in [-0.2, 0) is 4.74 Å². The average Bonchev–Trinajstić information content (AvgIpc) is 2.27. The lowest BCUT2D eigenvalue weighted by atomic mass is 9.85. The van der Waals surface area contributed by atoms with Gasteiger partial charge in [0.2, 0.25) is 0 Å². The van der Waals surface area contributed by atoms with Crippen LogP contribution in [-0.4, -0.2) is 12.2 Å². The number of fused-ring (bicyclic) bond motifs is 1. The lowest BCUT2D eigenvalue weighted by molar-refractivity contribution is 0.0486. The molecule has 11 heavy (non-hydrogen) atoms. The second-order valence-corrected chi connectivity index (χ2v) is 3.96. The van der Waals surface area contributed by atoms with Gasteiger partial charge in [0.05, 0.1) is 12.2 Å². The molecule has 0 aromatic heterocycles. The van der Waals surface area contributed by atoms with Crippen LogP contribution in [0.2, 0.25) is 0 Å². The third kappa shape index (κ3) is 1.34. The van der Waals surface area contributed by atoms with Gasteiger partial charge < -0.3 is 4.74 Å². The summed E-state index contributed by atoms with van der Waals surface area (Å²) in [5.74, 6) is 0.881. The molecule has 1 aliphatic heterocycles. The topological polar surface area (TPSA) is 9.23 Å². The van der Waals surface area contributed by atoms with E-state index in [1.165, 1.54) is 19.3 Å². The van der Waals surface area contributed by atoms with E-state index >= 15 is 0 Å². The van der Waals surface area contributed by atoms with Gasteiger partial charge in [-0.2, -0.15) is 0 Å². The maximum atomic E-state index is 5.72. The highest BCUT2D eigenvalue weighted by Crippen LogP contribution is 2.35. The molecule has 3 unspecified atom stereocenters. The molecule has 0 radical (unpaired) electrons. The molecule has 0 amide bonds. The van der Waals surface area contributed by atoms with Crippen molar-refractivity contribution < 1.29 is 4.74 Å². The van der Waals surface area contributed by atoms with E-state index in [4.69, 9.17) is 4.74 Å². The van der Waals surface area contributed by atoms with Gasteiger partial charge in [0.25, 0.3) is 0 Å². The lowest BCUT2D eigenvalue weighted by Crippen LogP contribution is -2.19. The Morgan fingerprint density at radius 2 is 2.18 bits per heavy atom. The molecule has 2 aliphatic rings. The summed E-state index contributed by atoms with van der Waals surface area (Å²) in [6.07, 6.45) is 7.03. The molecule has 0 N–H and O–H groups in total. The van der Waals surface area contributed by atoms with Crippen LogP contribution in [0.3, 0.4) is 0 Å². The first-order valence-corrected chi connectivity index (χ1v) is 4.62. The van der Waals surface area contributed by atoms with Crippen LogP contribution in [0.15, 0.2) is 11.6 Å². The van der Waals surface area contributed by atoms with Crippen molar-refractivity contribution in [3.05, 3.63) is 11.6 Å². The Labute approximate surface area is 68.4 Å². The molecule has 2 rings (SSSR count). The van der Waals surface area contributed by atoms with E-state index in [2.05, 4.69) is 19.9 Å². The van der Waals surface area contributed by atoms with Crippen LogP contribution >= 0.6 is 0 Å². The minimum absolute atomic E-state index is 0.375. The summed E-state index contributed by atoms with van der Waals surface area (Å²) in [5, 5.41) is 0. The first-order chi connectivity index (χ1) is 5.25. The zero-order chi connectivity index (χ0) is 7.84. The van der Waals surface area contributed by atoms with Crippen molar-refractivity contribution in [2.45, 2.75) is 45.3 Å². The highest BCUT2D eigenvalue weighted by molar-refractivity contribution is 5.18. The normalized spacial score (nSPS) is 43.5. The number of rotatable bonds is 0. The van der Waals surface area contributed by atoms with E-state index in [1.54, 1.807) is 5.57 Å². The van der Waals surface area contributed by atoms with Gasteiger partial charge in [0.15, 0.2) is 0 Å². The van der Waals surface area contributed by atoms with Crippen LogP contribution in [0.25, 0.3) is 0 Å². The summed E-state index contributed by atoms with van der Waals surface area (Å²) >= 11 is 0. The van der Waals surface area contributed by atoms with E-state index in [1.807, 2.05) is 0 Å². The standard InChI is InChI=1S/C10H16O/c1-7-3-4-10-9(5-7)6-8(2)11-10/h6-8,10H,3-5H2,1-2H3. The summed E-state index contributed by atoms with van der Waals surface area (Å²) in [6.45, 7) is 4.47. The van der Waals surface area contributed by atoms with Crippen molar-refractivity contribution in [3.63, 3.8) is 0 Å². The van der Waals surface area contributed by atoms with Gasteiger partial charge in [-0.05, 0) is 37.7 Å². The van der Waals surface area contributed by atoms with Crippen LogP contribution in [0.5, 0.6) is 0 Å². The van der Waals surface area contributed by atoms with Gasteiger partial charge >= 0.3 is 0 Å². The minimum Gasteiger partial charge on any atom is -0.367 e. The lowest BCUT2D eigenvalue weighted by Gasteiger charge is -2.25. The predicted molar refractivity (Wildman–Crippen MR) is 45.4 cm³/mol. The Bertz CT molecular complexity index is 183. The molecular weight excluding hydrogens is 136 g/mol. The molecule has 0 bridgehead atoms. The van der Waals surface area contributed by atoms with Gasteiger partial charge in [-0.1, -0.05) is 13.0 Å². The zero-order valence-electron chi connectivity index (χ0n) is 7.34.